The molecule has 0 aromatic carbocycles. The molecule has 3 unspecified atom stereocenters. The third-order valence-electron chi connectivity index (χ3n) is 7.46. The Morgan fingerprint density at radius 3 is 2.38 bits per heavy atom. The van der Waals surface area contributed by atoms with E-state index in [1.54, 1.807) is 0 Å². The zero-order chi connectivity index (χ0) is 20.6. The van der Waals surface area contributed by atoms with Crippen LogP contribution in [0.5, 0.6) is 0 Å². The molecular weight excluding hydrogens is 380 g/mol. The number of allylic oxidation sites excluding steroid dienone is 1. The van der Waals surface area contributed by atoms with E-state index in [9.17, 15) is 9.59 Å². The van der Waals surface area contributed by atoms with Crippen molar-refractivity contribution < 1.29 is 9.59 Å². The van der Waals surface area contributed by atoms with E-state index in [0.29, 0.717) is 17.9 Å². The molecule has 3 fully saturated rings. The highest BCUT2D eigenvalue weighted by Gasteiger charge is 2.39. The van der Waals surface area contributed by atoms with Gasteiger partial charge in [0.05, 0.1) is 5.92 Å². The first-order valence-corrected chi connectivity index (χ1v) is 12.8. The molecule has 0 bridgehead atoms. The number of thioether (sulfide) groups is 1. The number of hydrogen-bond donors (Lipinski definition) is 0. The van der Waals surface area contributed by atoms with Crippen LogP contribution >= 0.6 is 11.8 Å². The fraction of sp³-hybridized carbons (Fsp3) is 0.833. The molecule has 3 aliphatic heterocycles. The van der Waals surface area contributed by atoms with Crippen LogP contribution in [0, 0.1) is 23.2 Å². The highest BCUT2D eigenvalue weighted by Crippen LogP contribution is 2.42. The van der Waals surface area contributed by atoms with Crippen LogP contribution in [0.25, 0.3) is 0 Å². The first-order chi connectivity index (χ1) is 13.8. The Hall–Kier alpha value is -0.970. The van der Waals surface area contributed by atoms with Gasteiger partial charge in [0, 0.05) is 36.8 Å². The average Bonchev–Trinajstić information content (AvgIpc) is 3.22. The second-order valence-electron chi connectivity index (χ2n) is 10.6. The van der Waals surface area contributed by atoms with Crippen LogP contribution in [0.2, 0.25) is 0 Å². The van der Waals surface area contributed by atoms with Crippen LogP contribution < -0.4 is 0 Å². The third kappa shape index (κ3) is 4.55. The summed E-state index contributed by atoms with van der Waals surface area (Å²) in [5, 5.41) is 0. The van der Waals surface area contributed by atoms with Crippen molar-refractivity contribution in [3.05, 3.63) is 11.0 Å². The van der Waals surface area contributed by atoms with Crippen molar-refractivity contribution in [2.45, 2.75) is 78.2 Å². The van der Waals surface area contributed by atoms with Gasteiger partial charge in [-0.1, -0.05) is 39.7 Å². The number of amides is 2. The van der Waals surface area contributed by atoms with Gasteiger partial charge >= 0.3 is 0 Å². The number of carbonyl (C=O) groups is 2. The molecule has 1 saturated carbocycles. The minimum atomic E-state index is -0.294. The lowest BCUT2D eigenvalue weighted by molar-refractivity contribution is -0.140. The summed E-state index contributed by atoms with van der Waals surface area (Å²) in [6.07, 6.45) is 12.1. The lowest BCUT2D eigenvalue weighted by Crippen LogP contribution is -2.51. The summed E-state index contributed by atoms with van der Waals surface area (Å²) in [6.45, 7) is 8.69. The molecule has 5 heteroatoms. The largest absolute Gasteiger partial charge is 0.342 e. The van der Waals surface area contributed by atoms with Crippen LogP contribution in [0.15, 0.2) is 11.0 Å². The first-order valence-electron chi connectivity index (χ1n) is 11.8. The number of piperidine rings is 2. The summed E-state index contributed by atoms with van der Waals surface area (Å²) in [7, 11) is 0. The minimum absolute atomic E-state index is 0.0740. The van der Waals surface area contributed by atoms with Gasteiger partial charge in [0.1, 0.15) is 0 Å². The number of fused-ring (bicyclic) bond motifs is 1. The molecular formula is C24H38N2O2S. The summed E-state index contributed by atoms with van der Waals surface area (Å²) >= 11 is 1.90. The van der Waals surface area contributed by atoms with Crippen molar-refractivity contribution in [3.8, 4) is 0 Å². The van der Waals surface area contributed by atoms with E-state index < -0.39 is 0 Å². The van der Waals surface area contributed by atoms with Gasteiger partial charge in [-0.25, -0.2) is 0 Å². The predicted molar refractivity (Wildman–Crippen MR) is 119 cm³/mol. The van der Waals surface area contributed by atoms with Gasteiger partial charge in [0.25, 0.3) is 0 Å². The van der Waals surface area contributed by atoms with E-state index in [0.717, 1.165) is 44.1 Å². The standard InChI is InChI=1S/C24H38N2O2S/c1-24(2,3)23(28)25-13-10-18(11-14-25)21-15-19(16-29-21)22(27)26-12-6-8-17-7-4-5-9-20(17)26/h15,17-20H,4-14,16H2,1-3H3. The quantitative estimate of drug-likeness (QED) is 0.653. The summed E-state index contributed by atoms with van der Waals surface area (Å²) < 4.78 is 0. The summed E-state index contributed by atoms with van der Waals surface area (Å²) in [5.41, 5.74) is -0.294. The molecule has 29 heavy (non-hydrogen) atoms. The van der Waals surface area contributed by atoms with Crippen LogP contribution in [0.1, 0.15) is 72.1 Å². The van der Waals surface area contributed by atoms with Gasteiger partial charge in [0.15, 0.2) is 0 Å². The lowest BCUT2D eigenvalue weighted by Gasteiger charge is -2.44. The number of likely N-dealkylation sites (tertiary alicyclic amines) is 2. The van der Waals surface area contributed by atoms with Crippen molar-refractivity contribution in [1.82, 2.24) is 9.80 Å². The van der Waals surface area contributed by atoms with Crippen LogP contribution in [0.4, 0.5) is 0 Å². The zero-order valence-electron chi connectivity index (χ0n) is 18.5. The van der Waals surface area contributed by atoms with Crippen molar-refractivity contribution in [3.63, 3.8) is 0 Å². The van der Waals surface area contributed by atoms with Crippen molar-refractivity contribution in [2.75, 3.05) is 25.4 Å². The smallest absolute Gasteiger partial charge is 0.230 e. The molecule has 0 spiro atoms. The first kappa shape index (κ1) is 21.3. The number of rotatable bonds is 2. The molecule has 4 rings (SSSR count). The SMILES string of the molecule is CC(C)(C)C(=O)N1CCC(C2=CC(C(=O)N3CCCC4CCCCC43)CS2)CC1. The molecule has 0 aromatic heterocycles. The Bertz CT molecular complexity index is 658. The molecule has 3 atom stereocenters. The molecule has 0 radical (unpaired) electrons. The molecule has 1 aliphatic carbocycles. The van der Waals surface area contributed by atoms with Crippen molar-refractivity contribution >= 4 is 23.6 Å². The maximum absolute atomic E-state index is 13.4. The Kier molecular flexibility index (Phi) is 6.34. The summed E-state index contributed by atoms with van der Waals surface area (Å²) in [6, 6.07) is 0.513. The highest BCUT2D eigenvalue weighted by molar-refractivity contribution is 8.03. The van der Waals surface area contributed by atoms with E-state index in [1.807, 2.05) is 37.4 Å². The Morgan fingerprint density at radius 1 is 0.966 bits per heavy atom. The molecule has 4 nitrogen and oxygen atoms in total. The summed E-state index contributed by atoms with van der Waals surface area (Å²) in [5.74, 6) is 2.94. The monoisotopic (exact) mass is 418 g/mol. The molecule has 3 heterocycles. The van der Waals surface area contributed by atoms with Crippen LogP contribution in [-0.2, 0) is 9.59 Å². The summed E-state index contributed by atoms with van der Waals surface area (Å²) in [4.78, 5) is 31.6. The van der Waals surface area contributed by atoms with Gasteiger partial charge < -0.3 is 9.80 Å². The number of hydrogen-bond acceptors (Lipinski definition) is 3. The van der Waals surface area contributed by atoms with Crippen molar-refractivity contribution in [2.24, 2.45) is 23.2 Å². The molecule has 4 aliphatic rings. The lowest BCUT2D eigenvalue weighted by atomic mass is 9.78. The van der Waals surface area contributed by atoms with E-state index in [2.05, 4.69) is 11.0 Å². The highest BCUT2D eigenvalue weighted by atomic mass is 32.2. The normalized spacial score (nSPS) is 31.4. The van der Waals surface area contributed by atoms with Gasteiger partial charge in [-0.2, -0.15) is 0 Å². The van der Waals surface area contributed by atoms with Gasteiger partial charge in [0.2, 0.25) is 11.8 Å². The zero-order valence-corrected chi connectivity index (χ0v) is 19.3. The van der Waals surface area contributed by atoms with Gasteiger partial charge in [-0.15, -0.1) is 11.8 Å². The third-order valence-corrected chi connectivity index (χ3v) is 8.79. The Labute approximate surface area is 180 Å². The van der Waals surface area contributed by atoms with Crippen LogP contribution in [0.3, 0.4) is 0 Å². The topological polar surface area (TPSA) is 40.6 Å². The maximum Gasteiger partial charge on any atom is 0.230 e. The second kappa shape index (κ2) is 8.64. The fourth-order valence-corrected chi connectivity index (χ4v) is 7.17. The maximum atomic E-state index is 13.4. The van der Waals surface area contributed by atoms with E-state index in [4.69, 9.17) is 0 Å². The molecule has 0 N–H and O–H groups in total. The van der Waals surface area contributed by atoms with E-state index in [1.165, 1.54) is 43.4 Å². The predicted octanol–water partition coefficient (Wildman–Crippen LogP) is 4.70. The number of carbonyl (C=O) groups excluding carboxylic acids is 2. The van der Waals surface area contributed by atoms with Crippen molar-refractivity contribution in [1.29, 1.82) is 0 Å². The number of nitrogens with zero attached hydrogens (tertiary/aromatic N) is 2. The Morgan fingerprint density at radius 2 is 1.66 bits per heavy atom. The van der Waals surface area contributed by atoms with Gasteiger partial charge in [-0.3, -0.25) is 9.59 Å². The Balaban J connectivity index is 1.35. The fourth-order valence-electron chi connectivity index (χ4n) is 5.83. The average molecular weight is 419 g/mol. The van der Waals surface area contributed by atoms with E-state index >= 15 is 0 Å². The second-order valence-corrected chi connectivity index (χ2v) is 11.7. The molecule has 0 aromatic rings. The minimum Gasteiger partial charge on any atom is -0.342 e. The molecule has 162 valence electrons. The van der Waals surface area contributed by atoms with E-state index in [-0.39, 0.29) is 17.2 Å². The van der Waals surface area contributed by atoms with Crippen LogP contribution in [-0.4, -0.2) is 53.0 Å². The molecule has 2 saturated heterocycles. The molecule has 2 amide bonds. The van der Waals surface area contributed by atoms with Gasteiger partial charge in [-0.05, 0) is 55.3 Å².